The van der Waals surface area contributed by atoms with Crippen LogP contribution in [0.5, 0.6) is 5.75 Å². The second-order valence-electron chi connectivity index (χ2n) is 6.24. The molecule has 7 heteroatoms. The number of hydrogen-bond donors (Lipinski definition) is 0. The van der Waals surface area contributed by atoms with E-state index in [1.54, 1.807) is 24.3 Å². The molecule has 0 unspecified atom stereocenters. The molecule has 0 bridgehead atoms. The van der Waals surface area contributed by atoms with Crippen LogP contribution in [0, 0.1) is 0 Å². The number of benzene rings is 1. The van der Waals surface area contributed by atoms with E-state index in [4.69, 9.17) is 4.74 Å². The molecule has 1 saturated heterocycles. The summed E-state index contributed by atoms with van der Waals surface area (Å²) in [4.78, 5) is 14.6. The third-order valence-corrected chi connectivity index (χ3v) is 5.64. The lowest BCUT2D eigenvalue weighted by Gasteiger charge is -2.39. The van der Waals surface area contributed by atoms with Gasteiger partial charge in [0.25, 0.3) is 5.91 Å². The number of rotatable bonds is 2. The minimum absolute atomic E-state index is 0.0257. The Labute approximate surface area is 137 Å². The summed E-state index contributed by atoms with van der Waals surface area (Å²) in [7, 11) is -3.47. The van der Waals surface area contributed by atoms with Crippen molar-refractivity contribution in [2.75, 3.05) is 23.7 Å². The van der Waals surface area contributed by atoms with Crippen molar-refractivity contribution in [1.82, 2.24) is 4.90 Å². The van der Waals surface area contributed by atoms with Crippen LogP contribution in [0.3, 0.4) is 0 Å². The highest BCUT2D eigenvalue weighted by Crippen LogP contribution is 2.35. The first kappa shape index (κ1) is 16.1. The number of hydrogen-bond acceptors (Lipinski definition) is 4. The number of sulfonamides is 1. The first-order valence-corrected chi connectivity index (χ1v) is 9.76. The SMILES string of the molecule is C[C@@H]1CCCCN1C(=O)[C@H]1CN(S(C)(=O)=O)c2ccccc2O1. The molecule has 1 amide bonds. The maximum absolute atomic E-state index is 12.8. The molecule has 6 nitrogen and oxygen atoms in total. The fraction of sp³-hybridized carbons (Fsp3) is 0.562. The summed E-state index contributed by atoms with van der Waals surface area (Å²) in [5, 5.41) is 0. The van der Waals surface area contributed by atoms with Gasteiger partial charge in [0.05, 0.1) is 18.5 Å². The molecule has 0 aliphatic carbocycles. The number of piperidine rings is 1. The van der Waals surface area contributed by atoms with Crippen molar-refractivity contribution >= 4 is 21.6 Å². The van der Waals surface area contributed by atoms with Gasteiger partial charge in [0.2, 0.25) is 10.0 Å². The van der Waals surface area contributed by atoms with Crippen LogP contribution in [0.2, 0.25) is 0 Å². The normalized spacial score (nSPS) is 24.8. The summed E-state index contributed by atoms with van der Waals surface area (Å²) >= 11 is 0. The van der Waals surface area contributed by atoms with E-state index in [1.165, 1.54) is 4.31 Å². The van der Waals surface area contributed by atoms with Gasteiger partial charge in [-0.3, -0.25) is 9.10 Å². The lowest BCUT2D eigenvalue weighted by molar-refractivity contribution is -0.141. The third kappa shape index (κ3) is 3.15. The molecule has 2 atom stereocenters. The zero-order valence-electron chi connectivity index (χ0n) is 13.4. The summed E-state index contributed by atoms with van der Waals surface area (Å²) in [5.74, 6) is 0.313. The van der Waals surface area contributed by atoms with Gasteiger partial charge in [0.1, 0.15) is 5.75 Å². The molecular formula is C16H22N2O4S. The van der Waals surface area contributed by atoms with Crippen molar-refractivity contribution in [3.05, 3.63) is 24.3 Å². The number of carbonyl (C=O) groups excluding carboxylic acids is 1. The Morgan fingerprint density at radius 2 is 2.00 bits per heavy atom. The van der Waals surface area contributed by atoms with E-state index in [2.05, 4.69) is 0 Å². The maximum atomic E-state index is 12.8. The van der Waals surface area contributed by atoms with E-state index in [9.17, 15) is 13.2 Å². The van der Waals surface area contributed by atoms with Gasteiger partial charge in [0.15, 0.2) is 6.10 Å². The molecule has 23 heavy (non-hydrogen) atoms. The summed E-state index contributed by atoms with van der Waals surface area (Å²) in [5.41, 5.74) is 0.491. The topological polar surface area (TPSA) is 66.9 Å². The first-order valence-electron chi connectivity index (χ1n) is 7.92. The second-order valence-corrected chi connectivity index (χ2v) is 8.15. The Hall–Kier alpha value is -1.76. The van der Waals surface area contributed by atoms with Crippen molar-refractivity contribution < 1.29 is 17.9 Å². The average Bonchev–Trinajstić information content (AvgIpc) is 2.52. The molecule has 0 N–H and O–H groups in total. The number of nitrogens with zero attached hydrogens (tertiary/aromatic N) is 2. The largest absolute Gasteiger partial charge is 0.476 e. The number of anilines is 1. The molecule has 2 heterocycles. The monoisotopic (exact) mass is 338 g/mol. The quantitative estimate of drug-likeness (QED) is 0.822. The lowest BCUT2D eigenvalue weighted by Crippen LogP contribution is -2.54. The zero-order valence-corrected chi connectivity index (χ0v) is 14.3. The minimum atomic E-state index is -3.47. The first-order chi connectivity index (χ1) is 10.9. The van der Waals surface area contributed by atoms with E-state index in [0.29, 0.717) is 18.0 Å². The van der Waals surface area contributed by atoms with Gasteiger partial charge in [-0.25, -0.2) is 8.42 Å². The molecule has 1 aromatic carbocycles. The van der Waals surface area contributed by atoms with Gasteiger partial charge in [-0.15, -0.1) is 0 Å². The second kappa shape index (κ2) is 6.03. The van der Waals surface area contributed by atoms with Gasteiger partial charge in [-0.05, 0) is 38.3 Å². The van der Waals surface area contributed by atoms with Crippen LogP contribution >= 0.6 is 0 Å². The lowest BCUT2D eigenvalue weighted by atomic mass is 10.0. The van der Waals surface area contributed by atoms with Gasteiger partial charge in [-0.1, -0.05) is 12.1 Å². The molecule has 0 saturated carbocycles. The van der Waals surface area contributed by atoms with Crippen molar-refractivity contribution in [2.24, 2.45) is 0 Å². The van der Waals surface area contributed by atoms with Gasteiger partial charge in [-0.2, -0.15) is 0 Å². The van der Waals surface area contributed by atoms with Crippen LogP contribution in [-0.2, 0) is 14.8 Å². The Bertz CT molecular complexity index is 704. The highest BCUT2D eigenvalue weighted by atomic mass is 32.2. The van der Waals surface area contributed by atoms with E-state index >= 15 is 0 Å². The number of amides is 1. The van der Waals surface area contributed by atoms with Gasteiger partial charge in [0, 0.05) is 12.6 Å². The molecule has 2 aliphatic rings. The minimum Gasteiger partial charge on any atom is -0.476 e. The van der Waals surface area contributed by atoms with Crippen LogP contribution in [0.1, 0.15) is 26.2 Å². The van der Waals surface area contributed by atoms with Crippen molar-refractivity contribution in [1.29, 1.82) is 0 Å². The number of fused-ring (bicyclic) bond motifs is 1. The molecule has 0 spiro atoms. The van der Waals surface area contributed by atoms with Gasteiger partial charge < -0.3 is 9.64 Å². The summed E-state index contributed by atoms with van der Waals surface area (Å²) in [6.45, 7) is 2.76. The molecular weight excluding hydrogens is 316 g/mol. The molecule has 126 valence electrons. The van der Waals surface area contributed by atoms with Crippen molar-refractivity contribution in [3.8, 4) is 5.75 Å². The Morgan fingerprint density at radius 1 is 1.26 bits per heavy atom. The maximum Gasteiger partial charge on any atom is 0.265 e. The van der Waals surface area contributed by atoms with Crippen molar-refractivity contribution in [3.63, 3.8) is 0 Å². The number of carbonyl (C=O) groups is 1. The Morgan fingerprint density at radius 3 is 2.70 bits per heavy atom. The third-order valence-electron chi connectivity index (χ3n) is 4.50. The predicted octanol–water partition coefficient (Wildman–Crippen LogP) is 1.61. The predicted molar refractivity (Wildman–Crippen MR) is 88.1 cm³/mol. The van der Waals surface area contributed by atoms with E-state index in [1.807, 2.05) is 11.8 Å². The van der Waals surface area contributed by atoms with E-state index < -0.39 is 16.1 Å². The molecule has 1 aromatic rings. The molecule has 1 fully saturated rings. The molecule has 0 aromatic heterocycles. The number of para-hydroxylation sites is 2. The summed E-state index contributed by atoms with van der Waals surface area (Å²) < 4.78 is 31.3. The van der Waals surface area contributed by atoms with E-state index in [-0.39, 0.29) is 18.5 Å². The van der Waals surface area contributed by atoms with Crippen LogP contribution < -0.4 is 9.04 Å². The fourth-order valence-corrected chi connectivity index (χ4v) is 4.17. The smallest absolute Gasteiger partial charge is 0.265 e. The Balaban J connectivity index is 1.89. The highest BCUT2D eigenvalue weighted by molar-refractivity contribution is 7.92. The number of likely N-dealkylation sites (tertiary alicyclic amines) is 1. The van der Waals surface area contributed by atoms with Crippen LogP contribution in [-0.4, -0.2) is 50.7 Å². The van der Waals surface area contributed by atoms with Crippen molar-refractivity contribution in [2.45, 2.75) is 38.3 Å². The standard InChI is InChI=1S/C16H22N2O4S/c1-12-7-5-6-10-17(12)16(19)15-11-18(23(2,20)21)13-8-3-4-9-14(13)22-15/h3-4,8-9,12,15H,5-7,10-11H2,1-2H3/t12-,15-/m1/s1. The Kier molecular flexibility index (Phi) is 4.23. The summed E-state index contributed by atoms with van der Waals surface area (Å²) in [6.07, 6.45) is 3.44. The van der Waals surface area contributed by atoms with Crippen LogP contribution in [0.15, 0.2) is 24.3 Å². The fourth-order valence-electron chi connectivity index (χ4n) is 3.26. The summed E-state index contributed by atoms with van der Waals surface area (Å²) in [6, 6.07) is 7.10. The molecule has 3 rings (SSSR count). The average molecular weight is 338 g/mol. The number of ether oxygens (including phenoxy) is 1. The van der Waals surface area contributed by atoms with Crippen LogP contribution in [0.4, 0.5) is 5.69 Å². The highest BCUT2D eigenvalue weighted by Gasteiger charge is 2.38. The molecule has 2 aliphatic heterocycles. The molecule has 0 radical (unpaired) electrons. The van der Waals surface area contributed by atoms with Gasteiger partial charge >= 0.3 is 0 Å². The van der Waals surface area contributed by atoms with E-state index in [0.717, 1.165) is 25.5 Å². The van der Waals surface area contributed by atoms with Crippen LogP contribution in [0.25, 0.3) is 0 Å². The zero-order chi connectivity index (χ0) is 16.6.